The van der Waals surface area contributed by atoms with Crippen LogP contribution in [0.3, 0.4) is 0 Å². The minimum absolute atomic E-state index is 0.0422. The zero-order valence-corrected chi connectivity index (χ0v) is 18.6. The van der Waals surface area contributed by atoms with Crippen molar-refractivity contribution in [2.45, 2.75) is 25.0 Å². The summed E-state index contributed by atoms with van der Waals surface area (Å²) in [7, 11) is 0. The summed E-state index contributed by atoms with van der Waals surface area (Å²) in [6.07, 6.45) is 2.75. The second-order valence-corrected chi connectivity index (χ2v) is 8.71. The van der Waals surface area contributed by atoms with Gasteiger partial charge in [0.15, 0.2) is 0 Å². The summed E-state index contributed by atoms with van der Waals surface area (Å²) in [6, 6.07) is 10.5. The summed E-state index contributed by atoms with van der Waals surface area (Å²) >= 11 is 6.33. The Hall–Kier alpha value is -3.08. The lowest BCUT2D eigenvalue weighted by Crippen LogP contribution is -2.38. The van der Waals surface area contributed by atoms with Crippen LogP contribution >= 0.6 is 23.6 Å². The van der Waals surface area contributed by atoms with Gasteiger partial charge in [0.2, 0.25) is 0 Å². The monoisotopic (exact) mass is 471 g/mol. The molecule has 2 aromatic carbocycles. The third kappa shape index (κ3) is 4.29. The van der Waals surface area contributed by atoms with E-state index in [2.05, 4.69) is 15.1 Å². The summed E-state index contributed by atoms with van der Waals surface area (Å²) in [5, 5.41) is 18.2. The fourth-order valence-electron chi connectivity index (χ4n) is 3.49. The van der Waals surface area contributed by atoms with E-state index >= 15 is 0 Å². The van der Waals surface area contributed by atoms with Crippen molar-refractivity contribution >= 4 is 28.5 Å². The number of thiocarbonyl (C=S) groups is 1. The number of thiazole rings is 1. The van der Waals surface area contributed by atoms with E-state index < -0.39 is 23.2 Å². The number of nitrogens with two attached hydrogens (primary N) is 1. The average Bonchev–Trinajstić information content (AvgIpc) is 3.45. The Balaban J connectivity index is 1.71. The molecule has 0 aliphatic rings. The Morgan fingerprint density at radius 2 is 2.00 bits per heavy atom. The maximum atomic E-state index is 14.7. The van der Waals surface area contributed by atoms with Crippen LogP contribution in [0, 0.1) is 11.6 Å². The molecule has 10 heteroatoms. The van der Waals surface area contributed by atoms with Crippen LogP contribution in [0.2, 0.25) is 0 Å². The first-order valence-corrected chi connectivity index (χ1v) is 10.9. The molecule has 0 saturated heterocycles. The third-order valence-electron chi connectivity index (χ3n) is 5.34. The summed E-state index contributed by atoms with van der Waals surface area (Å²) in [5.74, 6) is -2.20. The summed E-state index contributed by atoms with van der Waals surface area (Å²) in [5.41, 5.74) is 6.16. The Morgan fingerprint density at radius 3 is 2.62 bits per heavy atom. The molecule has 0 bridgehead atoms. The molecule has 0 saturated carbocycles. The normalized spacial score (nSPS) is 14.1. The average molecular weight is 472 g/mol. The molecule has 4 aromatic rings. The van der Waals surface area contributed by atoms with Crippen LogP contribution in [0.1, 0.15) is 29.0 Å². The van der Waals surface area contributed by atoms with Crippen molar-refractivity contribution in [1.82, 2.24) is 19.7 Å². The number of aliphatic hydroxyl groups is 1. The molecule has 0 fully saturated rings. The standard InChI is InChI=1S/C22H19F2N5OS2/c1-13(21-28-19(9-32-21)14-2-4-15(5-3-14)20(25)31)22(30,10-29-12-26-11-27-29)17-7-6-16(23)8-18(17)24/h2-9,11-13,30H,10H2,1H3,(H2,25,31)/t13?,22-/m1/s1. The summed E-state index contributed by atoms with van der Waals surface area (Å²) in [4.78, 5) is 8.87. The van der Waals surface area contributed by atoms with Crippen molar-refractivity contribution < 1.29 is 13.9 Å². The molecule has 0 amide bonds. The van der Waals surface area contributed by atoms with Gasteiger partial charge in [0.05, 0.1) is 17.2 Å². The second-order valence-electron chi connectivity index (χ2n) is 7.38. The zero-order chi connectivity index (χ0) is 22.9. The van der Waals surface area contributed by atoms with Crippen LogP contribution < -0.4 is 5.73 Å². The number of hydrogen-bond donors (Lipinski definition) is 2. The molecule has 1 unspecified atom stereocenters. The predicted molar refractivity (Wildman–Crippen MR) is 122 cm³/mol. The molecule has 2 aromatic heterocycles. The molecule has 4 rings (SSSR count). The first-order valence-electron chi connectivity index (χ1n) is 9.64. The molecule has 0 radical (unpaired) electrons. The van der Waals surface area contributed by atoms with E-state index in [9.17, 15) is 13.9 Å². The van der Waals surface area contributed by atoms with Crippen molar-refractivity contribution in [2.75, 3.05) is 0 Å². The van der Waals surface area contributed by atoms with Crippen LogP contribution in [0.4, 0.5) is 8.78 Å². The van der Waals surface area contributed by atoms with Gasteiger partial charge < -0.3 is 10.8 Å². The second kappa shape index (κ2) is 8.81. The minimum Gasteiger partial charge on any atom is -0.389 e. The van der Waals surface area contributed by atoms with Crippen molar-refractivity contribution in [1.29, 1.82) is 0 Å². The lowest BCUT2D eigenvalue weighted by molar-refractivity contribution is -0.0112. The Morgan fingerprint density at radius 1 is 1.25 bits per heavy atom. The van der Waals surface area contributed by atoms with Gasteiger partial charge in [-0.05, 0) is 6.07 Å². The molecule has 0 aliphatic carbocycles. The van der Waals surface area contributed by atoms with Crippen LogP contribution in [-0.4, -0.2) is 29.8 Å². The lowest BCUT2D eigenvalue weighted by atomic mass is 9.82. The number of aromatic nitrogens is 4. The highest BCUT2D eigenvalue weighted by Gasteiger charge is 2.41. The van der Waals surface area contributed by atoms with Crippen molar-refractivity contribution in [2.24, 2.45) is 5.73 Å². The maximum Gasteiger partial charge on any atom is 0.137 e. The van der Waals surface area contributed by atoms with E-state index in [0.717, 1.165) is 23.3 Å². The van der Waals surface area contributed by atoms with Crippen molar-refractivity contribution in [3.05, 3.63) is 88.3 Å². The van der Waals surface area contributed by atoms with Crippen LogP contribution in [0.5, 0.6) is 0 Å². The van der Waals surface area contributed by atoms with Crippen molar-refractivity contribution in [3.8, 4) is 11.3 Å². The first-order chi connectivity index (χ1) is 15.3. The van der Waals surface area contributed by atoms with Crippen LogP contribution in [0.15, 0.2) is 60.5 Å². The fourth-order valence-corrected chi connectivity index (χ4v) is 4.59. The van der Waals surface area contributed by atoms with Gasteiger partial charge in [-0.2, -0.15) is 5.10 Å². The molecular formula is C22H19F2N5OS2. The van der Waals surface area contributed by atoms with Gasteiger partial charge in [-0.1, -0.05) is 49.5 Å². The lowest BCUT2D eigenvalue weighted by Gasteiger charge is -2.33. The van der Waals surface area contributed by atoms with E-state index in [-0.39, 0.29) is 12.1 Å². The molecule has 3 N–H and O–H groups in total. The Kier molecular flexibility index (Phi) is 6.09. The van der Waals surface area contributed by atoms with Gasteiger partial charge in [-0.3, -0.25) is 0 Å². The van der Waals surface area contributed by atoms with Gasteiger partial charge in [0, 0.05) is 34.1 Å². The third-order valence-corrected chi connectivity index (χ3v) is 6.60. The molecule has 32 heavy (non-hydrogen) atoms. The van der Waals surface area contributed by atoms with Crippen molar-refractivity contribution in [3.63, 3.8) is 0 Å². The number of nitrogens with zero attached hydrogens (tertiary/aromatic N) is 4. The quantitative estimate of drug-likeness (QED) is 0.396. The van der Waals surface area contributed by atoms with Gasteiger partial charge in [-0.25, -0.2) is 23.4 Å². The van der Waals surface area contributed by atoms with Crippen LogP contribution in [0.25, 0.3) is 11.3 Å². The van der Waals surface area contributed by atoms with E-state index in [0.29, 0.717) is 15.7 Å². The molecular weight excluding hydrogens is 452 g/mol. The highest BCUT2D eigenvalue weighted by molar-refractivity contribution is 7.80. The van der Waals surface area contributed by atoms with Gasteiger partial charge >= 0.3 is 0 Å². The summed E-state index contributed by atoms with van der Waals surface area (Å²) in [6.45, 7) is 1.66. The number of benzene rings is 2. The highest BCUT2D eigenvalue weighted by Crippen LogP contribution is 2.41. The first kappa shape index (κ1) is 22.1. The molecule has 6 nitrogen and oxygen atoms in total. The highest BCUT2D eigenvalue weighted by atomic mass is 32.1. The van der Waals surface area contributed by atoms with E-state index in [1.165, 1.54) is 34.7 Å². The molecule has 2 atom stereocenters. The molecule has 0 aliphatic heterocycles. The number of hydrogen-bond acceptors (Lipinski definition) is 6. The summed E-state index contributed by atoms with van der Waals surface area (Å²) < 4.78 is 29.7. The van der Waals surface area contributed by atoms with Gasteiger partial charge in [0.1, 0.15) is 34.9 Å². The fraction of sp³-hybridized carbons (Fsp3) is 0.182. The topological polar surface area (TPSA) is 89.8 Å². The largest absolute Gasteiger partial charge is 0.389 e. The van der Waals surface area contributed by atoms with Crippen LogP contribution in [-0.2, 0) is 12.1 Å². The van der Waals surface area contributed by atoms with E-state index in [4.69, 9.17) is 18.0 Å². The Bertz CT molecular complexity index is 1240. The molecule has 2 heterocycles. The number of rotatable bonds is 7. The van der Waals surface area contributed by atoms with Gasteiger partial charge in [-0.15, -0.1) is 11.3 Å². The SMILES string of the molecule is CC(c1nc(-c2ccc(C(N)=S)cc2)cs1)[C@](O)(Cn1cncn1)c1ccc(F)cc1F. The smallest absolute Gasteiger partial charge is 0.137 e. The zero-order valence-electron chi connectivity index (χ0n) is 16.9. The Labute approximate surface area is 192 Å². The number of halogens is 2. The minimum atomic E-state index is -1.75. The van der Waals surface area contributed by atoms with Gasteiger partial charge in [0.25, 0.3) is 0 Å². The van der Waals surface area contributed by atoms with E-state index in [1.54, 1.807) is 6.92 Å². The molecule has 0 spiro atoms. The van der Waals surface area contributed by atoms with E-state index in [1.807, 2.05) is 29.6 Å². The maximum absolute atomic E-state index is 14.7. The predicted octanol–water partition coefficient (Wildman–Crippen LogP) is 4.01. The molecule has 164 valence electrons.